The van der Waals surface area contributed by atoms with Crippen LogP contribution in [0.2, 0.25) is 19.6 Å². The lowest BCUT2D eigenvalue weighted by Crippen LogP contribution is -2.50. The molecule has 1 amide bonds. The molecule has 162 valence electrons. The van der Waals surface area contributed by atoms with Crippen molar-refractivity contribution in [3.8, 4) is 11.5 Å². The molecule has 1 saturated carbocycles. The van der Waals surface area contributed by atoms with E-state index >= 15 is 0 Å². The van der Waals surface area contributed by atoms with Gasteiger partial charge in [-0.2, -0.15) is 0 Å². The van der Waals surface area contributed by atoms with Crippen LogP contribution < -0.4 is 4.90 Å². The largest absolute Gasteiger partial charge is 0.393 e. The van der Waals surface area contributed by atoms with Crippen LogP contribution in [0.25, 0.3) is 0 Å². The first-order chi connectivity index (χ1) is 14.3. The summed E-state index contributed by atoms with van der Waals surface area (Å²) in [7, 11) is -1.47. The zero-order chi connectivity index (χ0) is 21.4. The van der Waals surface area contributed by atoms with E-state index < -0.39 is 8.07 Å². The van der Waals surface area contributed by atoms with Crippen LogP contribution in [0, 0.1) is 16.9 Å². The number of nitrogens with zero attached hydrogens (tertiary/aromatic N) is 3. The van der Waals surface area contributed by atoms with Crippen LogP contribution in [0.15, 0.2) is 18.3 Å². The molecular formula is C24H35N3O2Si. The minimum absolute atomic E-state index is 0.182. The maximum Gasteiger partial charge on any atom is 0.230 e. The number of hydrogen-bond acceptors (Lipinski definition) is 4. The Balaban J connectivity index is 1.53. The number of aliphatic hydroxyl groups is 1. The average molecular weight is 426 g/mol. The third-order valence-electron chi connectivity index (χ3n) is 6.89. The van der Waals surface area contributed by atoms with Crippen LogP contribution in [0.1, 0.15) is 50.5 Å². The molecule has 3 aliphatic rings. The van der Waals surface area contributed by atoms with Gasteiger partial charge in [0.25, 0.3) is 0 Å². The van der Waals surface area contributed by atoms with Gasteiger partial charge in [0.05, 0.1) is 17.1 Å². The van der Waals surface area contributed by atoms with Gasteiger partial charge in [0.15, 0.2) is 0 Å². The van der Waals surface area contributed by atoms with Crippen molar-refractivity contribution in [2.24, 2.45) is 5.41 Å². The summed E-state index contributed by atoms with van der Waals surface area (Å²) in [5.74, 6) is 4.67. The quantitative estimate of drug-likeness (QED) is 0.583. The Morgan fingerprint density at radius 1 is 1.17 bits per heavy atom. The Labute approximate surface area is 181 Å². The molecule has 1 aromatic heterocycles. The molecule has 1 spiro atoms. The topological polar surface area (TPSA) is 56.7 Å². The van der Waals surface area contributed by atoms with Crippen LogP contribution in [0.4, 0.5) is 5.82 Å². The summed E-state index contributed by atoms with van der Waals surface area (Å²) >= 11 is 0. The molecule has 1 atom stereocenters. The highest BCUT2D eigenvalue weighted by atomic mass is 28.3. The Morgan fingerprint density at radius 2 is 1.93 bits per heavy atom. The Kier molecular flexibility index (Phi) is 5.96. The Bertz CT molecular complexity index is 848. The maximum atomic E-state index is 13.6. The molecule has 4 rings (SSSR count). The molecule has 0 unspecified atom stereocenters. The minimum Gasteiger partial charge on any atom is -0.393 e. The van der Waals surface area contributed by atoms with Gasteiger partial charge in [-0.05, 0) is 57.1 Å². The molecule has 3 heterocycles. The Morgan fingerprint density at radius 3 is 2.67 bits per heavy atom. The second-order valence-electron chi connectivity index (χ2n) is 10.4. The monoisotopic (exact) mass is 425 g/mol. The molecule has 6 heteroatoms. The van der Waals surface area contributed by atoms with E-state index in [1.54, 1.807) is 0 Å². The first kappa shape index (κ1) is 21.4. The van der Waals surface area contributed by atoms with E-state index in [1.807, 2.05) is 12.3 Å². The van der Waals surface area contributed by atoms with Crippen LogP contribution in [-0.4, -0.2) is 60.8 Å². The van der Waals surface area contributed by atoms with Crippen LogP contribution in [0.5, 0.6) is 0 Å². The van der Waals surface area contributed by atoms with Crippen molar-refractivity contribution < 1.29 is 9.90 Å². The van der Waals surface area contributed by atoms with Crippen LogP contribution in [0.3, 0.4) is 0 Å². The zero-order valence-electron chi connectivity index (χ0n) is 18.7. The summed E-state index contributed by atoms with van der Waals surface area (Å²) < 4.78 is 0. The van der Waals surface area contributed by atoms with Crippen molar-refractivity contribution in [1.29, 1.82) is 0 Å². The molecule has 1 N–H and O–H groups in total. The van der Waals surface area contributed by atoms with Crippen molar-refractivity contribution in [2.75, 3.05) is 24.5 Å². The smallest absolute Gasteiger partial charge is 0.230 e. The molecular weight excluding hydrogens is 390 g/mol. The molecule has 30 heavy (non-hydrogen) atoms. The van der Waals surface area contributed by atoms with Gasteiger partial charge in [0, 0.05) is 31.9 Å². The van der Waals surface area contributed by atoms with Gasteiger partial charge in [0.1, 0.15) is 13.9 Å². The van der Waals surface area contributed by atoms with Crippen molar-refractivity contribution in [1.82, 2.24) is 9.88 Å². The molecule has 0 radical (unpaired) electrons. The van der Waals surface area contributed by atoms with Crippen LogP contribution in [-0.2, 0) is 4.79 Å². The summed E-state index contributed by atoms with van der Waals surface area (Å²) in [6, 6.07) is 4.33. The molecule has 0 aromatic carbocycles. The number of pyridine rings is 1. The first-order valence-electron chi connectivity index (χ1n) is 11.5. The summed E-state index contributed by atoms with van der Waals surface area (Å²) in [5.41, 5.74) is 4.17. The van der Waals surface area contributed by atoms with E-state index in [9.17, 15) is 9.90 Å². The highest BCUT2D eigenvalue weighted by molar-refractivity contribution is 6.83. The van der Waals surface area contributed by atoms with Gasteiger partial charge < -0.3 is 14.9 Å². The highest BCUT2D eigenvalue weighted by Gasteiger charge is 2.50. The van der Waals surface area contributed by atoms with Gasteiger partial charge >= 0.3 is 0 Å². The standard InChI is InChI=1S/C24H35N3O2Si/c1-30(2,3)17-11-19-6-4-14-25-22(19)26-15-5-12-24(18-26)13-16-27(23(24)29)20-7-9-21(28)10-8-20/h4,6,14,20-21,28H,5,7-10,12-13,15-16,18H2,1-3H3/t20?,21?,24-/m1/s1. The predicted molar refractivity (Wildman–Crippen MR) is 123 cm³/mol. The lowest BCUT2D eigenvalue weighted by atomic mass is 9.78. The maximum absolute atomic E-state index is 13.6. The van der Waals surface area contributed by atoms with Crippen LogP contribution >= 0.6 is 0 Å². The normalized spacial score (nSPS) is 29.8. The Hall–Kier alpha value is -1.84. The van der Waals surface area contributed by atoms with Crippen molar-refractivity contribution in [2.45, 2.75) is 76.7 Å². The number of anilines is 1. The van der Waals surface area contributed by atoms with Gasteiger partial charge in [-0.3, -0.25) is 4.79 Å². The van der Waals surface area contributed by atoms with Crippen molar-refractivity contribution in [3.63, 3.8) is 0 Å². The highest BCUT2D eigenvalue weighted by Crippen LogP contribution is 2.43. The SMILES string of the molecule is C[Si](C)(C)C#Cc1cccnc1N1CCC[C@@]2(CCN(C3CCC(O)CC3)C2=O)C1. The van der Waals surface area contributed by atoms with E-state index in [-0.39, 0.29) is 11.5 Å². The van der Waals surface area contributed by atoms with Gasteiger partial charge in [-0.15, -0.1) is 5.54 Å². The lowest BCUT2D eigenvalue weighted by Gasteiger charge is -2.41. The average Bonchev–Trinajstić information content (AvgIpc) is 3.02. The fourth-order valence-electron chi connectivity index (χ4n) is 5.26. The van der Waals surface area contributed by atoms with Crippen molar-refractivity contribution in [3.05, 3.63) is 23.9 Å². The third kappa shape index (κ3) is 4.43. The predicted octanol–water partition coefficient (Wildman–Crippen LogP) is 3.43. The van der Waals surface area contributed by atoms with E-state index in [4.69, 9.17) is 0 Å². The lowest BCUT2D eigenvalue weighted by molar-refractivity contribution is -0.139. The molecule has 2 saturated heterocycles. The number of likely N-dealkylation sites (tertiary alicyclic amines) is 1. The number of aliphatic hydroxyl groups excluding tert-OH is 1. The molecule has 1 aromatic rings. The van der Waals surface area contributed by atoms with Gasteiger partial charge in [-0.25, -0.2) is 4.98 Å². The molecule has 1 aliphatic carbocycles. The summed E-state index contributed by atoms with van der Waals surface area (Å²) in [5, 5.41) is 9.83. The molecule has 5 nitrogen and oxygen atoms in total. The number of hydrogen-bond donors (Lipinski definition) is 1. The van der Waals surface area contributed by atoms with Crippen molar-refractivity contribution >= 4 is 19.8 Å². The number of amides is 1. The number of piperidine rings is 1. The first-order valence-corrected chi connectivity index (χ1v) is 15.0. The van der Waals surface area contributed by atoms with E-state index in [2.05, 4.69) is 52.0 Å². The fraction of sp³-hybridized carbons (Fsp3) is 0.667. The fourth-order valence-corrected chi connectivity index (χ4v) is 5.77. The zero-order valence-corrected chi connectivity index (χ0v) is 19.7. The van der Waals surface area contributed by atoms with E-state index in [0.29, 0.717) is 11.9 Å². The minimum atomic E-state index is -1.47. The van der Waals surface area contributed by atoms with Gasteiger partial charge in [0.2, 0.25) is 5.91 Å². The number of rotatable bonds is 2. The third-order valence-corrected chi connectivity index (χ3v) is 7.76. The number of aromatic nitrogens is 1. The second kappa shape index (κ2) is 8.36. The summed E-state index contributed by atoms with van der Waals surface area (Å²) in [6.45, 7) is 9.30. The van der Waals surface area contributed by atoms with E-state index in [0.717, 1.165) is 76.0 Å². The number of carbonyl (C=O) groups excluding carboxylic acids is 1. The molecule has 3 fully saturated rings. The second-order valence-corrected chi connectivity index (χ2v) is 15.1. The summed E-state index contributed by atoms with van der Waals surface area (Å²) in [4.78, 5) is 22.7. The molecule has 0 bridgehead atoms. The van der Waals surface area contributed by atoms with Gasteiger partial charge in [-0.1, -0.05) is 25.6 Å². The molecule has 2 aliphatic heterocycles. The number of carbonyl (C=O) groups is 1. The van der Waals surface area contributed by atoms with E-state index in [1.165, 1.54) is 0 Å². The summed E-state index contributed by atoms with van der Waals surface area (Å²) in [6.07, 6.45) is 8.08.